The molecule has 2 aliphatic rings. The molecule has 1 aliphatic heterocycles. The Balaban J connectivity index is 0.00000210. The van der Waals surface area contributed by atoms with Gasteiger partial charge in [0.15, 0.2) is 0 Å². The second kappa shape index (κ2) is 9.35. The van der Waals surface area contributed by atoms with Crippen LogP contribution in [-0.4, -0.2) is 59.9 Å². The fraction of sp³-hybridized carbons (Fsp3) is 0.500. The first kappa shape index (κ1) is 19.9. The molecule has 4 rings (SSSR count). The van der Waals surface area contributed by atoms with Crippen molar-refractivity contribution in [2.75, 3.05) is 39.3 Å². The molecule has 0 radical (unpaired) electrons. The van der Waals surface area contributed by atoms with Crippen molar-refractivity contribution < 1.29 is 4.79 Å². The fourth-order valence-corrected chi connectivity index (χ4v) is 3.59. The lowest BCUT2D eigenvalue weighted by molar-refractivity contribution is 0.0950. The molecular formula is C20H28ClN5O. The van der Waals surface area contributed by atoms with Gasteiger partial charge in [-0.3, -0.25) is 4.79 Å². The van der Waals surface area contributed by atoms with E-state index >= 15 is 0 Å². The molecule has 2 fully saturated rings. The number of rotatable bonds is 7. The number of amides is 1. The molecule has 0 atom stereocenters. The van der Waals surface area contributed by atoms with E-state index in [0.29, 0.717) is 12.5 Å². The Labute approximate surface area is 166 Å². The van der Waals surface area contributed by atoms with Crippen molar-refractivity contribution in [3.05, 3.63) is 47.8 Å². The van der Waals surface area contributed by atoms with Gasteiger partial charge in [-0.2, -0.15) is 5.10 Å². The van der Waals surface area contributed by atoms with Crippen LogP contribution in [0, 0.1) is 0 Å². The average molecular weight is 390 g/mol. The summed E-state index contributed by atoms with van der Waals surface area (Å²) in [6, 6.07) is 10.1. The summed E-state index contributed by atoms with van der Waals surface area (Å²) >= 11 is 0. The van der Waals surface area contributed by atoms with Crippen LogP contribution in [0.4, 0.5) is 0 Å². The van der Waals surface area contributed by atoms with Gasteiger partial charge >= 0.3 is 0 Å². The molecule has 1 saturated heterocycles. The number of nitrogens with one attached hydrogen (secondary N) is 2. The standard InChI is InChI=1S/C20H27N5O.ClH/c26-20(22-9-4-12-24-13-10-21-11-14-24)18-15-23-25(19(18)16-7-8-16)17-5-2-1-3-6-17;/h1-3,5-6,15-16,21H,4,7-14H2,(H,22,26);1H. The monoisotopic (exact) mass is 389 g/mol. The van der Waals surface area contributed by atoms with Crippen molar-refractivity contribution in [2.45, 2.75) is 25.2 Å². The predicted molar refractivity (Wildman–Crippen MR) is 109 cm³/mol. The van der Waals surface area contributed by atoms with E-state index < -0.39 is 0 Å². The third-order valence-electron chi connectivity index (χ3n) is 5.16. The van der Waals surface area contributed by atoms with Crippen molar-refractivity contribution in [2.24, 2.45) is 0 Å². The van der Waals surface area contributed by atoms with Gasteiger partial charge in [-0.1, -0.05) is 18.2 Å². The number of para-hydroxylation sites is 1. The predicted octanol–water partition coefficient (Wildman–Crippen LogP) is 2.20. The largest absolute Gasteiger partial charge is 0.352 e. The Morgan fingerprint density at radius 3 is 2.63 bits per heavy atom. The Bertz CT molecular complexity index is 738. The molecule has 0 bridgehead atoms. The highest BCUT2D eigenvalue weighted by Crippen LogP contribution is 2.42. The zero-order valence-corrected chi connectivity index (χ0v) is 16.4. The third-order valence-corrected chi connectivity index (χ3v) is 5.16. The Hall–Kier alpha value is -1.89. The molecule has 0 spiro atoms. The van der Waals surface area contributed by atoms with Gasteiger partial charge in [0.1, 0.15) is 0 Å². The molecule has 1 amide bonds. The highest BCUT2D eigenvalue weighted by atomic mass is 35.5. The SMILES string of the molecule is Cl.O=C(NCCCN1CCNCC1)c1cnn(-c2ccccc2)c1C1CC1. The topological polar surface area (TPSA) is 62.2 Å². The summed E-state index contributed by atoms with van der Waals surface area (Å²) < 4.78 is 1.94. The van der Waals surface area contributed by atoms with Crippen LogP contribution in [0.5, 0.6) is 0 Å². The number of nitrogens with zero attached hydrogens (tertiary/aromatic N) is 3. The maximum Gasteiger partial charge on any atom is 0.254 e. The number of aromatic nitrogens is 2. The molecule has 1 saturated carbocycles. The van der Waals surface area contributed by atoms with Crippen molar-refractivity contribution in [3.8, 4) is 5.69 Å². The van der Waals surface area contributed by atoms with Crippen LogP contribution in [-0.2, 0) is 0 Å². The van der Waals surface area contributed by atoms with E-state index in [1.54, 1.807) is 6.20 Å². The smallest absolute Gasteiger partial charge is 0.254 e. The number of carbonyl (C=O) groups is 1. The van der Waals surface area contributed by atoms with Gasteiger partial charge < -0.3 is 15.5 Å². The van der Waals surface area contributed by atoms with E-state index in [1.165, 1.54) is 0 Å². The zero-order chi connectivity index (χ0) is 17.8. The fourth-order valence-electron chi connectivity index (χ4n) is 3.59. The lowest BCUT2D eigenvalue weighted by Gasteiger charge is -2.27. The number of carbonyl (C=O) groups excluding carboxylic acids is 1. The quantitative estimate of drug-likeness (QED) is 0.712. The summed E-state index contributed by atoms with van der Waals surface area (Å²) in [7, 11) is 0. The van der Waals surface area contributed by atoms with E-state index in [-0.39, 0.29) is 18.3 Å². The molecule has 1 aromatic heterocycles. The second-order valence-corrected chi connectivity index (χ2v) is 7.17. The van der Waals surface area contributed by atoms with Gasteiger partial charge in [-0.05, 0) is 37.9 Å². The van der Waals surface area contributed by atoms with Crippen LogP contribution >= 0.6 is 12.4 Å². The van der Waals surface area contributed by atoms with E-state index in [0.717, 1.165) is 68.9 Å². The second-order valence-electron chi connectivity index (χ2n) is 7.17. The highest BCUT2D eigenvalue weighted by Gasteiger charge is 2.32. The van der Waals surface area contributed by atoms with Gasteiger partial charge in [-0.25, -0.2) is 4.68 Å². The maximum atomic E-state index is 12.7. The summed E-state index contributed by atoms with van der Waals surface area (Å²) in [6.45, 7) is 6.09. The first-order chi connectivity index (χ1) is 12.8. The lowest BCUT2D eigenvalue weighted by Crippen LogP contribution is -2.44. The first-order valence-corrected chi connectivity index (χ1v) is 9.67. The van der Waals surface area contributed by atoms with Gasteiger partial charge in [-0.15, -0.1) is 12.4 Å². The Morgan fingerprint density at radius 1 is 1.19 bits per heavy atom. The first-order valence-electron chi connectivity index (χ1n) is 9.67. The van der Waals surface area contributed by atoms with E-state index in [2.05, 4.69) is 20.6 Å². The minimum absolute atomic E-state index is 0. The molecule has 1 aliphatic carbocycles. The van der Waals surface area contributed by atoms with Crippen LogP contribution in [0.15, 0.2) is 36.5 Å². The minimum Gasteiger partial charge on any atom is -0.352 e. The molecule has 1 aromatic carbocycles. The number of piperazine rings is 1. The number of hydrogen-bond acceptors (Lipinski definition) is 4. The maximum absolute atomic E-state index is 12.7. The molecular weight excluding hydrogens is 362 g/mol. The summed E-state index contributed by atoms with van der Waals surface area (Å²) in [4.78, 5) is 15.2. The van der Waals surface area contributed by atoms with Crippen molar-refractivity contribution >= 4 is 18.3 Å². The Kier molecular flexibility index (Phi) is 6.88. The molecule has 2 aromatic rings. The molecule has 27 heavy (non-hydrogen) atoms. The molecule has 0 unspecified atom stereocenters. The number of halogens is 1. The third kappa shape index (κ3) is 4.89. The molecule has 2 N–H and O–H groups in total. The number of benzene rings is 1. The highest BCUT2D eigenvalue weighted by molar-refractivity contribution is 5.95. The van der Waals surface area contributed by atoms with Gasteiger partial charge in [0.05, 0.1) is 23.1 Å². The summed E-state index contributed by atoms with van der Waals surface area (Å²) in [5.41, 5.74) is 2.82. The van der Waals surface area contributed by atoms with Gasteiger partial charge in [0.2, 0.25) is 0 Å². The Morgan fingerprint density at radius 2 is 1.93 bits per heavy atom. The summed E-state index contributed by atoms with van der Waals surface area (Å²) in [5, 5.41) is 11.0. The molecule has 2 heterocycles. The van der Waals surface area contributed by atoms with Gasteiger partial charge in [0, 0.05) is 38.6 Å². The van der Waals surface area contributed by atoms with Crippen molar-refractivity contribution in [1.82, 2.24) is 25.3 Å². The molecule has 6 nitrogen and oxygen atoms in total. The van der Waals surface area contributed by atoms with Gasteiger partial charge in [0.25, 0.3) is 5.91 Å². The van der Waals surface area contributed by atoms with E-state index in [4.69, 9.17) is 0 Å². The van der Waals surface area contributed by atoms with Crippen LogP contribution < -0.4 is 10.6 Å². The molecule has 7 heteroatoms. The van der Waals surface area contributed by atoms with Crippen LogP contribution in [0.1, 0.15) is 41.2 Å². The van der Waals surface area contributed by atoms with E-state index in [9.17, 15) is 4.79 Å². The van der Waals surface area contributed by atoms with Crippen LogP contribution in [0.2, 0.25) is 0 Å². The minimum atomic E-state index is 0. The van der Waals surface area contributed by atoms with Crippen molar-refractivity contribution in [3.63, 3.8) is 0 Å². The lowest BCUT2D eigenvalue weighted by atomic mass is 10.1. The van der Waals surface area contributed by atoms with Crippen LogP contribution in [0.25, 0.3) is 5.69 Å². The average Bonchev–Trinajstić information content (AvgIpc) is 3.44. The zero-order valence-electron chi connectivity index (χ0n) is 15.6. The summed E-state index contributed by atoms with van der Waals surface area (Å²) in [6.07, 6.45) is 4.99. The van der Waals surface area contributed by atoms with Crippen LogP contribution in [0.3, 0.4) is 0 Å². The van der Waals surface area contributed by atoms with Crippen molar-refractivity contribution in [1.29, 1.82) is 0 Å². The number of hydrogen-bond donors (Lipinski definition) is 2. The van der Waals surface area contributed by atoms with E-state index in [1.807, 2.05) is 35.0 Å². The summed E-state index contributed by atoms with van der Waals surface area (Å²) in [5.74, 6) is 0.466. The molecule has 146 valence electrons. The normalized spacial score (nSPS) is 17.3.